The highest BCUT2D eigenvalue weighted by Crippen LogP contribution is 2.58. The second kappa shape index (κ2) is 15.9. The van der Waals surface area contributed by atoms with Crippen LogP contribution in [-0.2, 0) is 33.9 Å². The van der Waals surface area contributed by atoms with Gasteiger partial charge in [-0.3, -0.25) is 23.9 Å². The summed E-state index contributed by atoms with van der Waals surface area (Å²) < 4.78 is 85.7. The molecule has 2 aromatic rings. The number of pyridine rings is 1. The number of alkyl halides is 3. The fourth-order valence-corrected chi connectivity index (χ4v) is 9.69. The molecule has 1 saturated heterocycles. The van der Waals surface area contributed by atoms with E-state index in [1.54, 1.807) is 32.0 Å². The number of aromatic nitrogens is 1. The molecular formula is C41H51ClF3N3O9S. The Morgan fingerprint density at radius 3 is 2.47 bits per heavy atom. The van der Waals surface area contributed by atoms with E-state index in [0.29, 0.717) is 53.6 Å². The number of halogens is 4. The number of ether oxygens (including phenoxy) is 3. The fourth-order valence-electron chi connectivity index (χ4n) is 8.08. The van der Waals surface area contributed by atoms with Crippen LogP contribution >= 0.6 is 11.6 Å². The molecule has 2 aliphatic heterocycles. The Bertz CT molecular complexity index is 2110. The zero-order valence-electron chi connectivity index (χ0n) is 33.5. The third-order valence-electron chi connectivity index (χ3n) is 12.5. The molecular weight excluding hydrogens is 803 g/mol. The van der Waals surface area contributed by atoms with Crippen LogP contribution in [0.25, 0.3) is 10.8 Å². The van der Waals surface area contributed by atoms with Gasteiger partial charge in [-0.2, -0.15) is 13.2 Å². The van der Waals surface area contributed by atoms with Gasteiger partial charge >= 0.3 is 12.1 Å². The summed E-state index contributed by atoms with van der Waals surface area (Å²) in [6.07, 6.45) is 1.09. The molecule has 7 atom stereocenters. The Morgan fingerprint density at radius 2 is 1.81 bits per heavy atom. The Morgan fingerprint density at radius 1 is 1.10 bits per heavy atom. The number of hydrogen-bond acceptors (Lipinski definition) is 10. The SMILES string of the molecule is COc1cnc(O[C@@H]2C[C@H]3C(=O)C[C@]4(C(=O)NS(=O)(=O)C5(C)CC5)C[C@H]4/C=C\[C@H](C)CCC[C@@H](C)[C@H](CC(=O)OC(C)(C)C(F)(F)F)C(=O)N3C2)c2cccc(Cl)c12. The van der Waals surface area contributed by atoms with Crippen LogP contribution in [0.2, 0.25) is 5.02 Å². The average molecular weight is 854 g/mol. The maximum Gasteiger partial charge on any atom is 0.427 e. The van der Waals surface area contributed by atoms with Crippen molar-refractivity contribution in [1.29, 1.82) is 0 Å². The number of Topliss-reactive ketones (excluding diaryl/α,β-unsaturated/α-hetero) is 1. The average Bonchev–Trinajstić information content (AvgIpc) is 4.02. The zero-order chi connectivity index (χ0) is 42.6. The zero-order valence-corrected chi connectivity index (χ0v) is 35.1. The summed E-state index contributed by atoms with van der Waals surface area (Å²) in [4.78, 5) is 62.4. The number of carbonyl (C=O) groups excluding carboxylic acids is 4. The number of esters is 1. The second-order valence-corrected chi connectivity index (χ2v) is 19.9. The number of amides is 2. The Kier molecular flexibility index (Phi) is 12.0. The molecule has 0 radical (unpaired) electrons. The van der Waals surface area contributed by atoms with E-state index < -0.39 is 98.3 Å². The van der Waals surface area contributed by atoms with Crippen molar-refractivity contribution in [3.05, 3.63) is 41.6 Å². The lowest BCUT2D eigenvalue weighted by atomic mass is 9.84. The van der Waals surface area contributed by atoms with Crippen LogP contribution < -0.4 is 14.2 Å². The van der Waals surface area contributed by atoms with Crippen molar-refractivity contribution >= 4 is 56.0 Å². The third-order valence-corrected chi connectivity index (χ3v) is 15.0. The molecule has 2 saturated carbocycles. The van der Waals surface area contributed by atoms with Crippen molar-refractivity contribution in [3.8, 4) is 11.6 Å². The quantitative estimate of drug-likeness (QED) is 0.204. The lowest BCUT2D eigenvalue weighted by Crippen LogP contribution is -2.48. The molecule has 2 amide bonds. The maximum absolute atomic E-state index is 14.8. The molecule has 318 valence electrons. The Balaban J connectivity index is 1.36. The van der Waals surface area contributed by atoms with Crippen molar-refractivity contribution in [2.45, 2.75) is 121 Å². The van der Waals surface area contributed by atoms with Crippen LogP contribution in [0.4, 0.5) is 13.2 Å². The first-order chi connectivity index (χ1) is 27.0. The standard InChI is InChI=1S/C41H51ClF3N3O9S/c1-23-9-7-10-24(2)28(18-33(50)57-38(3,4)41(43,44)45)36(51)48-22-26(56-35-27-11-8-12-29(42)34(27)32(55-6)21-46-35)17-30(48)31(49)20-40(19-25(40)14-13-23)37(52)47-58(53,54)39(5)15-16-39/h8,11-14,21,23-26,28,30H,7,9-10,15-20,22H2,1-6H3,(H,47,52)/b14-13-/t23-,24-,25-,26-,28+,30+,40-/m1/s1. The van der Waals surface area contributed by atoms with Gasteiger partial charge in [0.05, 0.1) is 53.4 Å². The summed E-state index contributed by atoms with van der Waals surface area (Å²) in [5.74, 6) is -4.76. The van der Waals surface area contributed by atoms with Gasteiger partial charge in [-0.25, -0.2) is 13.4 Å². The highest BCUT2D eigenvalue weighted by molar-refractivity contribution is 7.91. The van der Waals surface area contributed by atoms with E-state index in [1.165, 1.54) is 18.2 Å². The minimum absolute atomic E-state index is 0.00811. The van der Waals surface area contributed by atoms with Gasteiger partial charge in [-0.1, -0.05) is 50.1 Å². The van der Waals surface area contributed by atoms with E-state index >= 15 is 0 Å². The third kappa shape index (κ3) is 8.69. The fraction of sp³-hybridized carbons (Fsp3) is 0.634. The number of ketones is 1. The molecule has 17 heteroatoms. The molecule has 0 spiro atoms. The number of methoxy groups -OCH3 is 1. The van der Waals surface area contributed by atoms with Crippen molar-refractivity contribution in [2.75, 3.05) is 13.7 Å². The highest BCUT2D eigenvalue weighted by Gasteiger charge is 2.63. The van der Waals surface area contributed by atoms with Gasteiger partial charge < -0.3 is 19.1 Å². The number of allylic oxidation sites excluding steroid dienone is 2. The van der Waals surface area contributed by atoms with E-state index in [0.717, 1.165) is 13.8 Å². The molecule has 6 rings (SSSR count). The van der Waals surface area contributed by atoms with Gasteiger partial charge in [-0.05, 0) is 82.8 Å². The predicted octanol–water partition coefficient (Wildman–Crippen LogP) is 7.11. The van der Waals surface area contributed by atoms with Gasteiger partial charge in [0.15, 0.2) is 5.78 Å². The van der Waals surface area contributed by atoms with Gasteiger partial charge in [0.25, 0.3) is 0 Å². The molecule has 1 aromatic carbocycles. The number of benzene rings is 1. The first-order valence-electron chi connectivity index (χ1n) is 19.7. The molecule has 3 heterocycles. The van der Waals surface area contributed by atoms with Crippen LogP contribution in [0.15, 0.2) is 36.5 Å². The molecule has 4 aliphatic rings. The van der Waals surface area contributed by atoms with E-state index in [2.05, 4.69) is 9.71 Å². The number of sulfonamides is 1. The maximum atomic E-state index is 14.8. The van der Waals surface area contributed by atoms with Crippen LogP contribution in [0, 0.1) is 29.1 Å². The van der Waals surface area contributed by atoms with Crippen molar-refractivity contribution in [1.82, 2.24) is 14.6 Å². The number of rotatable bonds is 9. The van der Waals surface area contributed by atoms with E-state index in [-0.39, 0.29) is 31.2 Å². The second-order valence-electron chi connectivity index (χ2n) is 17.3. The van der Waals surface area contributed by atoms with E-state index in [4.69, 9.17) is 25.8 Å². The van der Waals surface area contributed by atoms with E-state index in [9.17, 15) is 40.8 Å². The highest BCUT2D eigenvalue weighted by atomic mass is 35.5. The Labute approximate surface area is 341 Å². The van der Waals surface area contributed by atoms with Crippen molar-refractivity contribution in [3.63, 3.8) is 0 Å². The molecule has 2 aliphatic carbocycles. The molecule has 58 heavy (non-hydrogen) atoms. The molecule has 0 bridgehead atoms. The smallest absolute Gasteiger partial charge is 0.427 e. The number of hydrogen-bond donors (Lipinski definition) is 1. The largest absolute Gasteiger partial charge is 0.494 e. The van der Waals surface area contributed by atoms with Crippen LogP contribution in [0.5, 0.6) is 11.6 Å². The Hall–Kier alpha value is -3.92. The van der Waals surface area contributed by atoms with Gasteiger partial charge in [0, 0.05) is 23.6 Å². The molecule has 12 nitrogen and oxygen atoms in total. The number of carbonyl (C=O) groups is 4. The predicted molar refractivity (Wildman–Crippen MR) is 208 cm³/mol. The van der Waals surface area contributed by atoms with Crippen LogP contribution in [-0.4, -0.2) is 84.2 Å². The lowest BCUT2D eigenvalue weighted by Gasteiger charge is -2.32. The van der Waals surface area contributed by atoms with Gasteiger partial charge in [0.2, 0.25) is 33.3 Å². The summed E-state index contributed by atoms with van der Waals surface area (Å²) in [6.45, 7) is 6.58. The topological polar surface area (TPSA) is 158 Å². The molecule has 1 aromatic heterocycles. The van der Waals surface area contributed by atoms with Crippen molar-refractivity contribution in [2.24, 2.45) is 29.1 Å². The number of nitrogens with zero attached hydrogens (tertiary/aromatic N) is 2. The summed E-state index contributed by atoms with van der Waals surface area (Å²) in [5.41, 5.74) is -4.22. The van der Waals surface area contributed by atoms with Crippen LogP contribution in [0.3, 0.4) is 0 Å². The summed E-state index contributed by atoms with van der Waals surface area (Å²) >= 11 is 6.53. The monoisotopic (exact) mass is 853 g/mol. The van der Waals surface area contributed by atoms with Gasteiger partial charge in [-0.15, -0.1) is 0 Å². The first kappa shape index (κ1) is 43.7. The summed E-state index contributed by atoms with van der Waals surface area (Å²) in [5, 5.41) is 1.39. The summed E-state index contributed by atoms with van der Waals surface area (Å²) in [7, 11) is -2.58. The van der Waals surface area contributed by atoms with Crippen molar-refractivity contribution < 1.29 is 55.0 Å². The molecule has 3 fully saturated rings. The molecule has 1 N–H and O–H groups in total. The first-order valence-corrected chi connectivity index (χ1v) is 21.5. The molecule has 0 unspecified atom stereocenters. The van der Waals surface area contributed by atoms with Crippen LogP contribution in [0.1, 0.15) is 92.4 Å². The number of fused-ring (bicyclic) bond motifs is 3. The minimum Gasteiger partial charge on any atom is -0.494 e. The van der Waals surface area contributed by atoms with E-state index in [1.807, 2.05) is 19.1 Å². The normalized spacial score (nSPS) is 29.7. The van der Waals surface area contributed by atoms with Gasteiger partial charge in [0.1, 0.15) is 11.9 Å². The minimum atomic E-state index is -4.87. The number of nitrogens with one attached hydrogen (secondary N) is 1. The lowest BCUT2D eigenvalue weighted by molar-refractivity contribution is -0.257. The summed E-state index contributed by atoms with van der Waals surface area (Å²) in [6, 6.07) is 3.90.